The topological polar surface area (TPSA) is 56.9 Å². The lowest BCUT2D eigenvalue weighted by atomic mass is 9.95. The summed E-state index contributed by atoms with van der Waals surface area (Å²) in [5.74, 6) is 0. The molecule has 2 aliphatic carbocycles. The summed E-state index contributed by atoms with van der Waals surface area (Å²) in [6.45, 7) is 0. The van der Waals surface area contributed by atoms with E-state index < -0.39 is 0 Å². The van der Waals surface area contributed by atoms with E-state index in [1.807, 2.05) is 6.07 Å². The van der Waals surface area contributed by atoms with E-state index >= 15 is 0 Å². The van der Waals surface area contributed by atoms with Gasteiger partial charge in [-0.2, -0.15) is 5.26 Å². The number of thioether (sulfide) groups is 1. The second kappa shape index (κ2) is 6.15. The van der Waals surface area contributed by atoms with Gasteiger partial charge in [-0.15, -0.1) is 0 Å². The Morgan fingerprint density at radius 1 is 1.20 bits per heavy atom. The summed E-state index contributed by atoms with van der Waals surface area (Å²) >= 11 is 1.61. The van der Waals surface area contributed by atoms with Crippen LogP contribution in [0.15, 0.2) is 11.1 Å². The predicted octanol–water partition coefficient (Wildman–Crippen LogP) is 3.23. The van der Waals surface area contributed by atoms with Crippen LogP contribution in [0.1, 0.15) is 55.3 Å². The first-order valence-electron chi connectivity index (χ1n) is 7.55. The van der Waals surface area contributed by atoms with Gasteiger partial charge in [-0.3, -0.25) is 0 Å². The van der Waals surface area contributed by atoms with Gasteiger partial charge in [-0.1, -0.05) is 24.6 Å². The van der Waals surface area contributed by atoms with Crippen LogP contribution in [0.25, 0.3) is 0 Å². The molecule has 2 atom stereocenters. The van der Waals surface area contributed by atoms with E-state index in [1.54, 1.807) is 11.8 Å². The van der Waals surface area contributed by atoms with Crippen LogP contribution >= 0.6 is 11.8 Å². The summed E-state index contributed by atoms with van der Waals surface area (Å²) in [6.07, 6.45) is 8.41. The van der Waals surface area contributed by atoms with Crippen LogP contribution in [-0.2, 0) is 12.8 Å². The van der Waals surface area contributed by atoms with Gasteiger partial charge in [0, 0.05) is 10.9 Å². The molecule has 106 valence electrons. The van der Waals surface area contributed by atoms with Gasteiger partial charge < -0.3 is 5.11 Å². The van der Waals surface area contributed by atoms with Crippen molar-refractivity contribution in [3.63, 3.8) is 0 Å². The van der Waals surface area contributed by atoms with E-state index in [9.17, 15) is 10.4 Å². The lowest BCUT2D eigenvalue weighted by Gasteiger charge is -2.27. The van der Waals surface area contributed by atoms with Gasteiger partial charge in [0.2, 0.25) is 0 Å². The Hall–Kier alpha value is -1.05. The Kier molecular flexibility index (Phi) is 4.28. The summed E-state index contributed by atoms with van der Waals surface area (Å²) < 4.78 is 0. The largest absolute Gasteiger partial charge is 0.392 e. The Bertz CT molecular complexity index is 538. The van der Waals surface area contributed by atoms with Crippen molar-refractivity contribution in [3.8, 4) is 6.07 Å². The molecule has 20 heavy (non-hydrogen) atoms. The van der Waals surface area contributed by atoms with E-state index in [2.05, 4.69) is 6.07 Å². The fourth-order valence-corrected chi connectivity index (χ4v) is 4.40. The molecule has 4 heteroatoms. The third kappa shape index (κ3) is 2.84. The molecule has 1 fully saturated rings. The Labute approximate surface area is 124 Å². The highest BCUT2D eigenvalue weighted by Gasteiger charge is 2.26. The molecule has 0 aromatic carbocycles. The van der Waals surface area contributed by atoms with Crippen molar-refractivity contribution in [2.45, 2.75) is 67.7 Å². The maximum atomic E-state index is 10.1. The molecule has 1 aromatic rings. The van der Waals surface area contributed by atoms with Gasteiger partial charge in [-0.25, -0.2) is 4.98 Å². The number of nitriles is 1. The molecule has 2 aliphatic rings. The molecule has 1 saturated carbocycles. The Balaban J connectivity index is 1.86. The number of aryl methyl sites for hydroxylation is 2. The van der Waals surface area contributed by atoms with Gasteiger partial charge in [0.15, 0.2) is 0 Å². The van der Waals surface area contributed by atoms with Crippen LogP contribution in [0.3, 0.4) is 0 Å². The molecule has 0 aliphatic heterocycles. The Morgan fingerprint density at radius 3 is 2.80 bits per heavy atom. The van der Waals surface area contributed by atoms with E-state index in [1.165, 1.54) is 30.5 Å². The molecule has 0 bridgehead atoms. The normalized spacial score (nSPS) is 25.8. The first-order chi connectivity index (χ1) is 9.78. The third-order valence-electron chi connectivity index (χ3n) is 4.32. The first kappa shape index (κ1) is 13.9. The molecule has 1 heterocycles. The molecule has 0 spiro atoms. The molecule has 0 unspecified atom stereocenters. The maximum absolute atomic E-state index is 10.1. The predicted molar refractivity (Wildman–Crippen MR) is 79.7 cm³/mol. The zero-order valence-electron chi connectivity index (χ0n) is 11.6. The highest BCUT2D eigenvalue weighted by atomic mass is 32.2. The van der Waals surface area contributed by atoms with Crippen LogP contribution in [0.4, 0.5) is 0 Å². The number of aromatic nitrogens is 1. The zero-order valence-corrected chi connectivity index (χ0v) is 12.5. The Morgan fingerprint density at radius 2 is 2.00 bits per heavy atom. The number of aliphatic hydroxyl groups is 1. The van der Waals surface area contributed by atoms with Crippen molar-refractivity contribution in [1.29, 1.82) is 5.26 Å². The van der Waals surface area contributed by atoms with Gasteiger partial charge in [0.1, 0.15) is 11.1 Å². The van der Waals surface area contributed by atoms with E-state index in [4.69, 9.17) is 4.98 Å². The van der Waals surface area contributed by atoms with Crippen molar-refractivity contribution in [3.05, 3.63) is 22.9 Å². The van der Waals surface area contributed by atoms with Crippen LogP contribution in [0, 0.1) is 11.3 Å². The van der Waals surface area contributed by atoms with Crippen LogP contribution in [0.5, 0.6) is 0 Å². The molecule has 0 amide bonds. The van der Waals surface area contributed by atoms with E-state index in [0.717, 1.165) is 37.1 Å². The SMILES string of the molecule is N#Cc1cc2c(nc1S[C@@H]1CCCC[C@H]1O)CCCC2. The van der Waals surface area contributed by atoms with Crippen molar-refractivity contribution in [1.82, 2.24) is 4.98 Å². The highest BCUT2D eigenvalue weighted by Crippen LogP contribution is 2.35. The summed E-state index contributed by atoms with van der Waals surface area (Å²) in [4.78, 5) is 4.74. The number of pyridine rings is 1. The van der Waals surface area contributed by atoms with Gasteiger partial charge in [-0.05, 0) is 50.2 Å². The number of hydrogen-bond acceptors (Lipinski definition) is 4. The van der Waals surface area contributed by atoms with Gasteiger partial charge in [0.05, 0.1) is 11.7 Å². The minimum Gasteiger partial charge on any atom is -0.392 e. The van der Waals surface area contributed by atoms with Crippen molar-refractivity contribution in [2.24, 2.45) is 0 Å². The lowest BCUT2D eigenvalue weighted by Crippen LogP contribution is -2.27. The van der Waals surface area contributed by atoms with Crippen LogP contribution in [-0.4, -0.2) is 21.4 Å². The zero-order chi connectivity index (χ0) is 13.9. The second-order valence-electron chi connectivity index (χ2n) is 5.77. The van der Waals surface area contributed by atoms with Crippen molar-refractivity contribution < 1.29 is 5.11 Å². The summed E-state index contributed by atoms with van der Waals surface area (Å²) in [7, 11) is 0. The molecule has 1 aromatic heterocycles. The maximum Gasteiger partial charge on any atom is 0.114 e. The van der Waals surface area contributed by atoms with E-state index in [-0.39, 0.29) is 11.4 Å². The number of rotatable bonds is 2. The highest BCUT2D eigenvalue weighted by molar-refractivity contribution is 8.00. The summed E-state index contributed by atoms with van der Waals surface area (Å²) in [5, 5.41) is 20.5. The minimum absolute atomic E-state index is 0.199. The molecule has 3 nitrogen and oxygen atoms in total. The average Bonchev–Trinajstić information content (AvgIpc) is 2.49. The molecular formula is C16H20N2OS. The van der Waals surface area contributed by atoms with Gasteiger partial charge in [0.25, 0.3) is 0 Å². The number of nitrogens with zero attached hydrogens (tertiary/aromatic N) is 2. The van der Waals surface area contributed by atoms with Crippen LogP contribution in [0.2, 0.25) is 0 Å². The van der Waals surface area contributed by atoms with Crippen molar-refractivity contribution >= 4 is 11.8 Å². The standard InChI is InChI=1S/C16H20N2OS/c17-10-12-9-11-5-1-2-6-13(11)18-16(12)20-15-8-4-3-7-14(15)19/h9,14-15,19H,1-8H2/t14-,15-/m1/s1. The number of hydrogen-bond donors (Lipinski definition) is 1. The van der Waals surface area contributed by atoms with Gasteiger partial charge >= 0.3 is 0 Å². The molecule has 0 saturated heterocycles. The minimum atomic E-state index is -0.252. The monoisotopic (exact) mass is 288 g/mol. The lowest BCUT2D eigenvalue weighted by molar-refractivity contribution is 0.137. The number of aliphatic hydroxyl groups excluding tert-OH is 1. The molecular weight excluding hydrogens is 268 g/mol. The van der Waals surface area contributed by atoms with Crippen LogP contribution < -0.4 is 0 Å². The second-order valence-corrected chi connectivity index (χ2v) is 7.00. The third-order valence-corrected chi connectivity index (χ3v) is 5.70. The molecule has 1 N–H and O–H groups in total. The quantitative estimate of drug-likeness (QED) is 0.907. The fraction of sp³-hybridized carbons (Fsp3) is 0.625. The molecule has 0 radical (unpaired) electrons. The smallest absolute Gasteiger partial charge is 0.114 e. The average molecular weight is 288 g/mol. The number of fused-ring (bicyclic) bond motifs is 1. The summed E-state index contributed by atoms with van der Waals surface area (Å²) in [5.41, 5.74) is 3.11. The van der Waals surface area contributed by atoms with E-state index in [0.29, 0.717) is 5.56 Å². The first-order valence-corrected chi connectivity index (χ1v) is 8.43. The fourth-order valence-electron chi connectivity index (χ4n) is 3.14. The molecule has 3 rings (SSSR count). The summed E-state index contributed by atoms with van der Waals surface area (Å²) in [6, 6.07) is 4.31. The van der Waals surface area contributed by atoms with Crippen molar-refractivity contribution in [2.75, 3.05) is 0 Å².